The lowest BCUT2D eigenvalue weighted by Gasteiger charge is -2.19. The summed E-state index contributed by atoms with van der Waals surface area (Å²) in [5.41, 5.74) is 6.69. The van der Waals surface area contributed by atoms with Crippen LogP contribution in [-0.2, 0) is 4.79 Å². The van der Waals surface area contributed by atoms with Crippen molar-refractivity contribution in [1.82, 2.24) is 0 Å². The van der Waals surface area contributed by atoms with Crippen LogP contribution in [0.25, 0.3) is 0 Å². The first-order valence-corrected chi connectivity index (χ1v) is 4.59. The van der Waals surface area contributed by atoms with E-state index in [9.17, 15) is 4.79 Å². The molecule has 1 amide bonds. The molecule has 1 aromatic carbocycles. The summed E-state index contributed by atoms with van der Waals surface area (Å²) in [5, 5.41) is 8.71. The number of rotatable bonds is 2. The Morgan fingerprint density at radius 2 is 2.27 bits per heavy atom. The van der Waals surface area contributed by atoms with Gasteiger partial charge in [-0.2, -0.15) is 5.26 Å². The van der Waals surface area contributed by atoms with Gasteiger partial charge in [0.05, 0.1) is 17.7 Å². The van der Waals surface area contributed by atoms with Crippen molar-refractivity contribution in [3.8, 4) is 6.07 Å². The van der Waals surface area contributed by atoms with Crippen LogP contribution in [0.3, 0.4) is 0 Å². The van der Waals surface area contributed by atoms with E-state index in [1.807, 2.05) is 6.07 Å². The zero-order valence-electron chi connectivity index (χ0n) is 8.77. The van der Waals surface area contributed by atoms with Crippen molar-refractivity contribution in [1.29, 1.82) is 5.26 Å². The van der Waals surface area contributed by atoms with Crippen molar-refractivity contribution in [3.63, 3.8) is 0 Å². The number of hydrogen-bond donors (Lipinski definition) is 1. The predicted octanol–water partition coefficient (Wildman–Crippen LogP) is 0.868. The van der Waals surface area contributed by atoms with Crippen molar-refractivity contribution >= 4 is 11.6 Å². The van der Waals surface area contributed by atoms with Crippen LogP contribution in [0.15, 0.2) is 24.3 Å². The topological polar surface area (TPSA) is 70.1 Å². The minimum atomic E-state index is -0.541. The van der Waals surface area contributed by atoms with Crippen molar-refractivity contribution in [2.24, 2.45) is 5.73 Å². The van der Waals surface area contributed by atoms with E-state index < -0.39 is 6.04 Å². The molecule has 0 unspecified atom stereocenters. The summed E-state index contributed by atoms with van der Waals surface area (Å²) in [7, 11) is 1.64. The Morgan fingerprint density at radius 3 is 2.80 bits per heavy atom. The Bertz CT molecular complexity index is 407. The Morgan fingerprint density at radius 1 is 1.60 bits per heavy atom. The maximum absolute atomic E-state index is 11.6. The molecular formula is C11H13N3O. The van der Waals surface area contributed by atoms with Gasteiger partial charge >= 0.3 is 0 Å². The molecular weight excluding hydrogens is 190 g/mol. The van der Waals surface area contributed by atoms with Crippen LogP contribution in [0.4, 0.5) is 5.69 Å². The maximum atomic E-state index is 11.6. The third kappa shape index (κ3) is 2.55. The Kier molecular flexibility index (Phi) is 3.42. The second-order valence-corrected chi connectivity index (χ2v) is 3.35. The summed E-state index contributed by atoms with van der Waals surface area (Å²) in [6.45, 7) is 1.63. The molecule has 0 spiro atoms. The highest BCUT2D eigenvalue weighted by atomic mass is 16.2. The van der Waals surface area contributed by atoms with Gasteiger partial charge in [0.1, 0.15) is 0 Å². The van der Waals surface area contributed by atoms with Gasteiger partial charge in [0, 0.05) is 12.7 Å². The van der Waals surface area contributed by atoms with Crippen molar-refractivity contribution in [2.45, 2.75) is 13.0 Å². The molecule has 0 aliphatic heterocycles. The number of likely N-dealkylation sites (N-methyl/N-ethyl adjacent to an activating group) is 1. The molecule has 78 valence electrons. The average Bonchev–Trinajstić information content (AvgIpc) is 2.27. The van der Waals surface area contributed by atoms with Gasteiger partial charge in [-0.15, -0.1) is 0 Å². The fourth-order valence-corrected chi connectivity index (χ4v) is 1.22. The molecule has 0 aromatic heterocycles. The first-order valence-electron chi connectivity index (χ1n) is 4.59. The van der Waals surface area contributed by atoms with Crippen LogP contribution in [0, 0.1) is 11.3 Å². The molecule has 15 heavy (non-hydrogen) atoms. The lowest BCUT2D eigenvalue weighted by Crippen LogP contribution is -2.39. The molecule has 4 heteroatoms. The highest BCUT2D eigenvalue weighted by molar-refractivity contribution is 5.96. The summed E-state index contributed by atoms with van der Waals surface area (Å²) >= 11 is 0. The van der Waals surface area contributed by atoms with Crippen molar-refractivity contribution in [3.05, 3.63) is 29.8 Å². The predicted molar refractivity (Wildman–Crippen MR) is 58.2 cm³/mol. The number of amides is 1. The largest absolute Gasteiger partial charge is 0.320 e. The van der Waals surface area contributed by atoms with Crippen molar-refractivity contribution in [2.75, 3.05) is 11.9 Å². The van der Waals surface area contributed by atoms with Gasteiger partial charge in [0.15, 0.2) is 0 Å². The molecule has 0 bridgehead atoms. The van der Waals surface area contributed by atoms with E-state index in [2.05, 4.69) is 0 Å². The van der Waals surface area contributed by atoms with Crippen LogP contribution in [0.1, 0.15) is 12.5 Å². The van der Waals surface area contributed by atoms with E-state index in [0.29, 0.717) is 11.3 Å². The fourth-order valence-electron chi connectivity index (χ4n) is 1.22. The SMILES string of the molecule is C[C@@H](N)C(=O)N(C)c1cccc(C#N)c1. The highest BCUT2D eigenvalue weighted by Crippen LogP contribution is 2.14. The normalized spacial score (nSPS) is 11.6. The van der Waals surface area contributed by atoms with Gasteiger partial charge in [-0.3, -0.25) is 4.79 Å². The van der Waals surface area contributed by atoms with Crippen LogP contribution in [0.2, 0.25) is 0 Å². The van der Waals surface area contributed by atoms with Crippen molar-refractivity contribution < 1.29 is 4.79 Å². The second-order valence-electron chi connectivity index (χ2n) is 3.35. The van der Waals surface area contributed by atoms with E-state index in [4.69, 9.17) is 11.0 Å². The molecule has 0 fully saturated rings. The van der Waals surface area contributed by atoms with Gasteiger partial charge in [0.25, 0.3) is 0 Å². The van der Waals surface area contributed by atoms with Crippen LogP contribution < -0.4 is 10.6 Å². The molecule has 1 aromatic rings. The molecule has 0 saturated carbocycles. The third-order valence-corrected chi connectivity index (χ3v) is 2.08. The molecule has 2 N–H and O–H groups in total. The number of carbonyl (C=O) groups is 1. The van der Waals surface area contributed by atoms with Gasteiger partial charge in [-0.05, 0) is 25.1 Å². The number of nitrogens with zero attached hydrogens (tertiary/aromatic N) is 2. The summed E-state index contributed by atoms with van der Waals surface area (Å²) in [4.78, 5) is 13.0. The summed E-state index contributed by atoms with van der Waals surface area (Å²) in [5.74, 6) is -0.176. The van der Waals surface area contributed by atoms with Gasteiger partial charge < -0.3 is 10.6 Å². The molecule has 0 saturated heterocycles. The molecule has 1 atom stereocenters. The molecule has 0 aliphatic carbocycles. The average molecular weight is 203 g/mol. The molecule has 0 heterocycles. The van der Waals surface area contributed by atoms with E-state index in [-0.39, 0.29) is 5.91 Å². The van der Waals surface area contributed by atoms with Crippen LogP contribution >= 0.6 is 0 Å². The number of benzene rings is 1. The summed E-state index contributed by atoms with van der Waals surface area (Å²) in [6.07, 6.45) is 0. The molecule has 4 nitrogen and oxygen atoms in total. The van der Waals surface area contributed by atoms with E-state index in [1.54, 1.807) is 38.2 Å². The zero-order valence-corrected chi connectivity index (χ0v) is 8.77. The first-order chi connectivity index (χ1) is 7.06. The van der Waals surface area contributed by atoms with Gasteiger partial charge in [-0.1, -0.05) is 6.07 Å². The second kappa shape index (κ2) is 4.58. The van der Waals surface area contributed by atoms with Gasteiger partial charge in [0.2, 0.25) is 5.91 Å². The number of nitriles is 1. The third-order valence-electron chi connectivity index (χ3n) is 2.08. The fraction of sp³-hybridized carbons (Fsp3) is 0.273. The maximum Gasteiger partial charge on any atom is 0.243 e. The number of nitrogens with two attached hydrogens (primary N) is 1. The molecule has 0 radical (unpaired) electrons. The summed E-state index contributed by atoms with van der Waals surface area (Å²) in [6, 6.07) is 8.32. The number of hydrogen-bond acceptors (Lipinski definition) is 3. The Labute approximate surface area is 88.9 Å². The van der Waals surface area contributed by atoms with Crippen LogP contribution in [0.5, 0.6) is 0 Å². The highest BCUT2D eigenvalue weighted by Gasteiger charge is 2.14. The lowest BCUT2D eigenvalue weighted by atomic mass is 10.2. The summed E-state index contributed by atoms with van der Waals surface area (Å²) < 4.78 is 0. The number of anilines is 1. The Balaban J connectivity index is 2.97. The monoisotopic (exact) mass is 203 g/mol. The minimum absolute atomic E-state index is 0.176. The lowest BCUT2D eigenvalue weighted by molar-refractivity contribution is -0.119. The van der Waals surface area contributed by atoms with E-state index >= 15 is 0 Å². The minimum Gasteiger partial charge on any atom is -0.320 e. The first kappa shape index (κ1) is 11.2. The van der Waals surface area contributed by atoms with E-state index in [0.717, 1.165) is 0 Å². The number of carbonyl (C=O) groups excluding carboxylic acids is 1. The van der Waals surface area contributed by atoms with Gasteiger partial charge in [-0.25, -0.2) is 0 Å². The van der Waals surface area contributed by atoms with E-state index in [1.165, 1.54) is 4.90 Å². The smallest absolute Gasteiger partial charge is 0.243 e. The zero-order chi connectivity index (χ0) is 11.4. The Hall–Kier alpha value is -1.86. The molecule has 0 aliphatic rings. The molecule has 1 rings (SSSR count). The standard InChI is InChI=1S/C11H13N3O/c1-8(13)11(15)14(2)10-5-3-4-9(6-10)7-12/h3-6,8H,13H2,1-2H3/t8-/m1/s1. The van der Waals surface area contributed by atoms with Crippen LogP contribution in [-0.4, -0.2) is 19.0 Å². The quantitative estimate of drug-likeness (QED) is 0.775.